The molecule has 0 N–H and O–H groups in total. The maximum atomic E-state index is 6.23. The lowest BCUT2D eigenvalue weighted by Gasteiger charge is -2.37. The minimum atomic E-state index is -2.48. The molecule has 0 fully saturated rings. The quantitative estimate of drug-likeness (QED) is 0.577. The predicted molar refractivity (Wildman–Crippen MR) is 93.3 cm³/mol. The monoisotopic (exact) mass is 330 g/mol. The van der Waals surface area contributed by atoms with Crippen molar-refractivity contribution in [2.45, 2.75) is 26.2 Å². The third kappa shape index (κ3) is 6.61. The van der Waals surface area contributed by atoms with E-state index in [9.17, 15) is 0 Å². The van der Waals surface area contributed by atoms with Crippen LogP contribution in [0.1, 0.15) is 0 Å². The summed E-state index contributed by atoms with van der Waals surface area (Å²) in [4.78, 5) is 0. The molecule has 0 radical (unpaired) electrons. The molecule has 0 aromatic heterocycles. The van der Waals surface area contributed by atoms with E-state index in [-0.39, 0.29) is 0 Å². The fourth-order valence-electron chi connectivity index (χ4n) is 1.42. The van der Waals surface area contributed by atoms with Crippen molar-refractivity contribution < 1.29 is 12.3 Å². The average Bonchev–Trinajstić information content (AvgIpc) is 2.35. The van der Waals surface area contributed by atoms with E-state index in [4.69, 9.17) is 12.3 Å². The number of hydrogen-bond donors (Lipinski definition) is 0. The minimum Gasteiger partial charge on any atom is -0.435 e. The first-order valence-corrected chi connectivity index (χ1v) is 15.4. The SMILES string of the molecule is C=C[SiH2]O[Si](C)(C=C)O[Si](C)(C=C)O[Si](C)(C)C=C. The zero-order chi connectivity index (χ0) is 15.2. The van der Waals surface area contributed by atoms with E-state index >= 15 is 0 Å². The zero-order valence-corrected chi connectivity index (χ0v) is 17.0. The van der Waals surface area contributed by atoms with Gasteiger partial charge in [0.05, 0.1) is 0 Å². The van der Waals surface area contributed by atoms with E-state index in [1.54, 1.807) is 11.4 Å². The van der Waals surface area contributed by atoms with Crippen LogP contribution in [-0.2, 0) is 12.3 Å². The van der Waals surface area contributed by atoms with Crippen LogP contribution in [0.3, 0.4) is 0 Å². The molecule has 3 nitrogen and oxygen atoms in total. The molecule has 19 heavy (non-hydrogen) atoms. The van der Waals surface area contributed by atoms with Crippen LogP contribution >= 0.6 is 0 Å². The summed E-state index contributed by atoms with van der Waals surface area (Å²) in [5, 5.41) is 0. The van der Waals surface area contributed by atoms with Gasteiger partial charge >= 0.3 is 17.1 Å². The van der Waals surface area contributed by atoms with Crippen molar-refractivity contribution in [2.75, 3.05) is 0 Å². The smallest absolute Gasteiger partial charge is 0.342 e. The van der Waals surface area contributed by atoms with Crippen LogP contribution in [0.4, 0.5) is 0 Å². The van der Waals surface area contributed by atoms with Crippen molar-refractivity contribution in [3.63, 3.8) is 0 Å². The molecular weight excluding hydrogens is 304 g/mol. The van der Waals surface area contributed by atoms with Crippen molar-refractivity contribution in [3.8, 4) is 0 Å². The Bertz CT molecular complexity index is 359. The Morgan fingerprint density at radius 3 is 1.68 bits per heavy atom. The van der Waals surface area contributed by atoms with E-state index in [1.807, 2.05) is 24.5 Å². The molecule has 2 atom stereocenters. The fourth-order valence-corrected chi connectivity index (χ4v) is 13.7. The highest BCUT2D eigenvalue weighted by Crippen LogP contribution is 2.22. The number of rotatable bonds is 10. The van der Waals surface area contributed by atoms with Crippen molar-refractivity contribution in [3.05, 3.63) is 49.1 Å². The summed E-state index contributed by atoms with van der Waals surface area (Å²) in [5.41, 5.74) is 7.34. The van der Waals surface area contributed by atoms with Gasteiger partial charge in [-0.2, -0.15) is 0 Å². The van der Waals surface area contributed by atoms with Gasteiger partial charge in [0.2, 0.25) is 0 Å². The lowest BCUT2D eigenvalue weighted by molar-refractivity contribution is 0.351. The summed E-state index contributed by atoms with van der Waals surface area (Å²) < 4.78 is 18.3. The van der Waals surface area contributed by atoms with Crippen LogP contribution in [0.5, 0.6) is 0 Å². The van der Waals surface area contributed by atoms with Crippen molar-refractivity contribution in [1.82, 2.24) is 0 Å². The minimum absolute atomic E-state index is 0.764. The molecule has 0 aromatic carbocycles. The third-order valence-corrected chi connectivity index (χ3v) is 15.2. The summed E-state index contributed by atoms with van der Waals surface area (Å²) in [5.74, 6) is 0. The van der Waals surface area contributed by atoms with Crippen molar-refractivity contribution in [2.24, 2.45) is 0 Å². The van der Waals surface area contributed by atoms with Crippen LogP contribution in [0.2, 0.25) is 26.2 Å². The van der Waals surface area contributed by atoms with Gasteiger partial charge in [0.1, 0.15) is 0 Å². The van der Waals surface area contributed by atoms with E-state index < -0.39 is 35.2 Å². The van der Waals surface area contributed by atoms with Crippen LogP contribution in [-0.4, -0.2) is 35.2 Å². The normalized spacial score (nSPS) is 18.5. The molecule has 0 rings (SSSR count). The highest BCUT2D eigenvalue weighted by molar-refractivity contribution is 6.92. The summed E-state index contributed by atoms with van der Waals surface area (Å²) >= 11 is 0. The fraction of sp³-hybridized carbons (Fsp3) is 0.333. The second kappa shape index (κ2) is 7.48. The van der Waals surface area contributed by atoms with E-state index in [0.717, 1.165) is 0 Å². The first-order chi connectivity index (χ1) is 8.66. The second-order valence-electron chi connectivity index (χ2n) is 5.05. The van der Waals surface area contributed by atoms with Crippen LogP contribution in [0, 0.1) is 0 Å². The van der Waals surface area contributed by atoms with Crippen molar-refractivity contribution in [1.29, 1.82) is 0 Å². The third-order valence-electron chi connectivity index (χ3n) is 2.59. The molecular formula is C12H26O3Si4. The molecule has 0 spiro atoms. The first kappa shape index (κ1) is 18.7. The van der Waals surface area contributed by atoms with Crippen molar-refractivity contribution >= 4 is 35.2 Å². The number of hydrogen-bond acceptors (Lipinski definition) is 3. The highest BCUT2D eigenvalue weighted by atomic mass is 28.5. The van der Waals surface area contributed by atoms with Gasteiger partial charge in [0.25, 0.3) is 0 Å². The molecule has 0 aliphatic heterocycles. The Kier molecular flexibility index (Phi) is 7.36. The maximum absolute atomic E-state index is 6.23. The van der Waals surface area contributed by atoms with Gasteiger partial charge in [-0.1, -0.05) is 22.8 Å². The standard InChI is InChI=1S/C12H26O3Si4/c1-9-16-13-18(7,11-3)15-19(8,12-4)14-17(5,6)10-2/h9-12H,1-4,16H2,5-8H3. The van der Waals surface area contributed by atoms with Gasteiger partial charge in [-0.25, -0.2) is 0 Å². The first-order valence-electron chi connectivity index (χ1n) is 6.22. The van der Waals surface area contributed by atoms with E-state index in [2.05, 4.69) is 39.4 Å². The van der Waals surface area contributed by atoms with E-state index in [0.29, 0.717) is 0 Å². The Labute approximate surface area is 123 Å². The van der Waals surface area contributed by atoms with Crippen LogP contribution < -0.4 is 0 Å². The molecule has 0 aliphatic carbocycles. The second-order valence-corrected chi connectivity index (χ2v) is 17.2. The summed E-state index contributed by atoms with van der Waals surface area (Å²) in [7, 11) is -7.57. The molecule has 0 heterocycles. The Balaban J connectivity index is 5.03. The summed E-state index contributed by atoms with van der Waals surface area (Å²) in [6.07, 6.45) is 0. The molecule has 7 heteroatoms. The molecule has 108 valence electrons. The maximum Gasteiger partial charge on any atom is 0.342 e. The summed E-state index contributed by atoms with van der Waals surface area (Å²) in [6, 6.07) is 0. The van der Waals surface area contributed by atoms with Gasteiger partial charge in [0.15, 0.2) is 18.1 Å². The Morgan fingerprint density at radius 2 is 1.32 bits per heavy atom. The molecule has 0 saturated carbocycles. The van der Waals surface area contributed by atoms with Gasteiger partial charge in [-0.15, -0.1) is 26.3 Å². The lowest BCUT2D eigenvalue weighted by Crippen LogP contribution is -2.54. The molecule has 0 saturated heterocycles. The van der Waals surface area contributed by atoms with Gasteiger partial charge < -0.3 is 12.3 Å². The zero-order valence-electron chi connectivity index (χ0n) is 12.6. The van der Waals surface area contributed by atoms with Gasteiger partial charge in [-0.05, 0) is 26.2 Å². The largest absolute Gasteiger partial charge is 0.435 e. The Hall–Kier alpha value is -0.292. The van der Waals surface area contributed by atoms with Crippen LogP contribution in [0.15, 0.2) is 49.1 Å². The lowest BCUT2D eigenvalue weighted by atomic mass is 11.3. The molecule has 0 aromatic rings. The Morgan fingerprint density at radius 1 is 0.789 bits per heavy atom. The molecule has 0 aliphatic rings. The van der Waals surface area contributed by atoms with E-state index in [1.165, 1.54) is 0 Å². The van der Waals surface area contributed by atoms with Crippen LogP contribution in [0.25, 0.3) is 0 Å². The van der Waals surface area contributed by atoms with Gasteiger partial charge in [0, 0.05) is 0 Å². The van der Waals surface area contributed by atoms with Gasteiger partial charge in [-0.3, -0.25) is 0 Å². The molecule has 2 unspecified atom stereocenters. The predicted octanol–water partition coefficient (Wildman–Crippen LogP) is 2.79. The highest BCUT2D eigenvalue weighted by Gasteiger charge is 2.42. The molecule has 0 bridgehead atoms. The topological polar surface area (TPSA) is 27.7 Å². The molecule has 0 amide bonds. The average molecular weight is 331 g/mol. The summed E-state index contributed by atoms with van der Waals surface area (Å²) in [6.45, 7) is 23.4.